The second-order valence-corrected chi connectivity index (χ2v) is 8.78. The Hall–Kier alpha value is -2.90. The van der Waals surface area contributed by atoms with Gasteiger partial charge < -0.3 is 4.90 Å². The number of piperidine rings is 1. The number of nitrogens with zero attached hydrogens (tertiary/aromatic N) is 4. The summed E-state index contributed by atoms with van der Waals surface area (Å²) in [5, 5.41) is 4.01. The molecule has 0 spiro atoms. The molecule has 3 aromatic rings. The molecular weight excluding hydrogens is 405 g/mol. The summed E-state index contributed by atoms with van der Waals surface area (Å²) in [5.74, 6) is 0.319. The van der Waals surface area contributed by atoms with Gasteiger partial charge in [0.05, 0.1) is 5.69 Å². The fourth-order valence-electron chi connectivity index (χ4n) is 4.32. The van der Waals surface area contributed by atoms with Crippen LogP contribution < -0.4 is 0 Å². The Kier molecular flexibility index (Phi) is 5.27. The van der Waals surface area contributed by atoms with Gasteiger partial charge in [0.1, 0.15) is 0 Å². The molecule has 1 aliphatic rings. The van der Waals surface area contributed by atoms with Gasteiger partial charge in [0, 0.05) is 24.7 Å². The van der Waals surface area contributed by atoms with E-state index in [-0.39, 0.29) is 22.9 Å². The van der Waals surface area contributed by atoms with E-state index in [2.05, 4.69) is 23.9 Å². The standard InChI is InChI=1S/C23H25F3N4O/c1-13-7-14(2)12-29(11-13)22(31)19-10-21-27-18(17-6-5-15(3)16(4)8-17)9-20(23(24,25)26)30(21)28-19/h5-6,8-10,13-14H,7,11-12H2,1-4H3. The molecule has 0 N–H and O–H groups in total. The van der Waals surface area contributed by atoms with Crippen LogP contribution in [0.2, 0.25) is 0 Å². The van der Waals surface area contributed by atoms with Crippen LogP contribution in [0.25, 0.3) is 16.9 Å². The Bertz CT molecular complexity index is 1140. The third kappa shape index (κ3) is 4.16. The first-order valence-corrected chi connectivity index (χ1v) is 10.4. The Morgan fingerprint density at radius 2 is 1.71 bits per heavy atom. The van der Waals surface area contributed by atoms with Gasteiger partial charge >= 0.3 is 6.18 Å². The highest BCUT2D eigenvalue weighted by Gasteiger charge is 2.36. The highest BCUT2D eigenvalue weighted by atomic mass is 19.4. The van der Waals surface area contributed by atoms with Crippen LogP contribution in [0.3, 0.4) is 0 Å². The van der Waals surface area contributed by atoms with Gasteiger partial charge in [0.25, 0.3) is 5.91 Å². The lowest BCUT2D eigenvalue weighted by atomic mass is 9.92. The van der Waals surface area contributed by atoms with E-state index in [0.29, 0.717) is 30.5 Å². The molecule has 2 atom stereocenters. The van der Waals surface area contributed by atoms with Crippen molar-refractivity contribution >= 4 is 11.6 Å². The summed E-state index contributed by atoms with van der Waals surface area (Å²) >= 11 is 0. The van der Waals surface area contributed by atoms with Crippen LogP contribution in [-0.2, 0) is 6.18 Å². The molecule has 0 radical (unpaired) electrons. The zero-order chi connectivity index (χ0) is 22.5. The molecule has 1 amide bonds. The summed E-state index contributed by atoms with van der Waals surface area (Å²) in [6.07, 6.45) is -3.62. The van der Waals surface area contributed by atoms with E-state index < -0.39 is 11.9 Å². The largest absolute Gasteiger partial charge is 0.433 e. The van der Waals surface area contributed by atoms with E-state index in [1.807, 2.05) is 26.0 Å². The second kappa shape index (κ2) is 7.66. The summed E-state index contributed by atoms with van der Waals surface area (Å²) in [5.41, 5.74) is 1.82. The number of alkyl halides is 3. The van der Waals surface area contributed by atoms with E-state index in [4.69, 9.17) is 0 Å². The van der Waals surface area contributed by atoms with Crippen LogP contribution >= 0.6 is 0 Å². The van der Waals surface area contributed by atoms with Crippen molar-refractivity contribution in [2.24, 2.45) is 11.8 Å². The van der Waals surface area contributed by atoms with Crippen molar-refractivity contribution in [1.29, 1.82) is 0 Å². The van der Waals surface area contributed by atoms with Gasteiger partial charge in [0.2, 0.25) is 0 Å². The quantitative estimate of drug-likeness (QED) is 0.565. The molecule has 1 fully saturated rings. The zero-order valence-corrected chi connectivity index (χ0v) is 18.0. The van der Waals surface area contributed by atoms with Gasteiger partial charge in [-0.1, -0.05) is 26.0 Å². The van der Waals surface area contributed by atoms with Crippen molar-refractivity contribution in [3.63, 3.8) is 0 Å². The Labute approximate surface area is 178 Å². The fraction of sp³-hybridized carbons (Fsp3) is 0.435. The minimum atomic E-state index is -4.64. The summed E-state index contributed by atoms with van der Waals surface area (Å²) in [6.45, 7) is 9.12. The minimum absolute atomic E-state index is 0.00418. The van der Waals surface area contributed by atoms with E-state index in [0.717, 1.165) is 28.1 Å². The number of aryl methyl sites for hydroxylation is 2. The molecular formula is C23H25F3N4O. The number of carbonyl (C=O) groups is 1. The molecule has 0 aliphatic carbocycles. The third-order valence-corrected chi connectivity index (χ3v) is 5.90. The third-order valence-electron chi connectivity index (χ3n) is 5.90. The maximum absolute atomic E-state index is 13.8. The molecule has 2 unspecified atom stereocenters. The number of fused-ring (bicyclic) bond motifs is 1. The highest BCUT2D eigenvalue weighted by molar-refractivity contribution is 5.93. The number of carbonyl (C=O) groups excluding carboxylic acids is 1. The van der Waals surface area contributed by atoms with Crippen molar-refractivity contribution in [1.82, 2.24) is 19.5 Å². The lowest BCUT2D eigenvalue weighted by Crippen LogP contribution is -2.42. The number of likely N-dealkylation sites (tertiary alicyclic amines) is 1. The van der Waals surface area contributed by atoms with E-state index in [1.165, 1.54) is 6.07 Å². The van der Waals surface area contributed by atoms with Crippen molar-refractivity contribution in [3.05, 3.63) is 52.8 Å². The van der Waals surface area contributed by atoms with E-state index in [1.54, 1.807) is 11.0 Å². The fourth-order valence-corrected chi connectivity index (χ4v) is 4.32. The van der Waals surface area contributed by atoms with Crippen molar-refractivity contribution in [2.75, 3.05) is 13.1 Å². The van der Waals surface area contributed by atoms with Crippen LogP contribution in [0.4, 0.5) is 13.2 Å². The molecule has 31 heavy (non-hydrogen) atoms. The van der Waals surface area contributed by atoms with E-state index in [9.17, 15) is 18.0 Å². The van der Waals surface area contributed by atoms with Crippen LogP contribution in [0.1, 0.15) is 47.6 Å². The topological polar surface area (TPSA) is 50.5 Å². The molecule has 8 heteroatoms. The Morgan fingerprint density at radius 1 is 1.03 bits per heavy atom. The first-order chi connectivity index (χ1) is 14.5. The van der Waals surface area contributed by atoms with Crippen LogP contribution in [-0.4, -0.2) is 38.5 Å². The Morgan fingerprint density at radius 3 is 2.32 bits per heavy atom. The summed E-state index contributed by atoms with van der Waals surface area (Å²) in [4.78, 5) is 19.1. The first kappa shape index (κ1) is 21.3. The smallest absolute Gasteiger partial charge is 0.337 e. The monoisotopic (exact) mass is 430 g/mol. The number of aromatic nitrogens is 3. The number of benzene rings is 1. The predicted octanol–water partition coefficient (Wildman–Crippen LogP) is 5.15. The average Bonchev–Trinajstić information content (AvgIpc) is 3.11. The summed E-state index contributed by atoms with van der Waals surface area (Å²) in [7, 11) is 0. The molecule has 0 bridgehead atoms. The normalized spacial score (nSPS) is 19.8. The first-order valence-electron chi connectivity index (χ1n) is 10.4. The number of hydrogen-bond donors (Lipinski definition) is 0. The van der Waals surface area contributed by atoms with Crippen LogP contribution in [0.15, 0.2) is 30.3 Å². The minimum Gasteiger partial charge on any atom is -0.337 e. The van der Waals surface area contributed by atoms with Crippen molar-refractivity contribution < 1.29 is 18.0 Å². The van der Waals surface area contributed by atoms with Gasteiger partial charge in [-0.25, -0.2) is 9.50 Å². The van der Waals surface area contributed by atoms with Gasteiger partial charge in [0.15, 0.2) is 17.0 Å². The molecule has 164 valence electrons. The summed E-state index contributed by atoms with van der Waals surface area (Å²) < 4.78 is 42.3. The predicted molar refractivity (Wildman–Crippen MR) is 112 cm³/mol. The molecule has 1 aliphatic heterocycles. The number of hydrogen-bond acceptors (Lipinski definition) is 3. The molecule has 0 saturated carbocycles. The van der Waals surface area contributed by atoms with Crippen LogP contribution in [0.5, 0.6) is 0 Å². The van der Waals surface area contributed by atoms with Crippen LogP contribution in [0, 0.1) is 25.7 Å². The molecule has 1 saturated heterocycles. The van der Waals surface area contributed by atoms with Gasteiger partial charge in [-0.2, -0.15) is 18.3 Å². The second-order valence-electron chi connectivity index (χ2n) is 8.78. The lowest BCUT2D eigenvalue weighted by molar-refractivity contribution is -0.142. The van der Waals surface area contributed by atoms with Gasteiger partial charge in [-0.3, -0.25) is 4.79 Å². The van der Waals surface area contributed by atoms with E-state index >= 15 is 0 Å². The van der Waals surface area contributed by atoms with Crippen molar-refractivity contribution in [3.8, 4) is 11.3 Å². The van der Waals surface area contributed by atoms with Gasteiger partial charge in [-0.15, -0.1) is 0 Å². The molecule has 4 rings (SSSR count). The Balaban J connectivity index is 1.80. The lowest BCUT2D eigenvalue weighted by Gasteiger charge is -2.34. The average molecular weight is 430 g/mol. The molecule has 5 nitrogen and oxygen atoms in total. The molecule has 2 aromatic heterocycles. The van der Waals surface area contributed by atoms with Gasteiger partial charge in [-0.05, 0) is 55.4 Å². The maximum atomic E-state index is 13.8. The molecule has 1 aromatic carbocycles. The molecule has 3 heterocycles. The summed E-state index contributed by atoms with van der Waals surface area (Å²) in [6, 6.07) is 7.76. The SMILES string of the molecule is Cc1ccc(-c2cc(C(F)(F)F)n3nc(C(=O)N4CC(C)CC(C)C4)cc3n2)cc1C. The highest BCUT2D eigenvalue weighted by Crippen LogP contribution is 2.33. The maximum Gasteiger partial charge on any atom is 0.433 e. The number of rotatable bonds is 2. The zero-order valence-electron chi connectivity index (χ0n) is 18.0. The van der Waals surface area contributed by atoms with Crippen molar-refractivity contribution in [2.45, 2.75) is 40.3 Å². The number of amides is 1. The number of halogens is 3.